The van der Waals surface area contributed by atoms with E-state index < -0.39 is 0 Å². The molecule has 0 aromatic carbocycles. The van der Waals surface area contributed by atoms with Gasteiger partial charge < -0.3 is 4.12 Å². The van der Waals surface area contributed by atoms with Gasteiger partial charge >= 0.3 is 0 Å². The third-order valence-electron chi connectivity index (χ3n) is 1.07. The first-order valence-electron chi connectivity index (χ1n) is 2.91. The first-order chi connectivity index (χ1) is 3.81. The average Bonchev–Trinajstić information content (AvgIpc) is 1.68. The molecule has 0 fully saturated rings. The molecule has 50 valence electrons. The van der Waals surface area contributed by atoms with E-state index in [9.17, 15) is 0 Å². The fourth-order valence-electron chi connectivity index (χ4n) is 0.588. The number of thiol groups is 1. The van der Waals surface area contributed by atoms with Gasteiger partial charge in [0.25, 0.3) is 0 Å². The van der Waals surface area contributed by atoms with Gasteiger partial charge in [-0.25, -0.2) is 0 Å². The lowest BCUT2D eigenvalue weighted by molar-refractivity contribution is 0.631. The Bertz CT molecular complexity index is 47.3. The monoisotopic (exact) mass is 166 g/mol. The van der Waals surface area contributed by atoms with E-state index in [1.54, 1.807) is 0 Å². The van der Waals surface area contributed by atoms with Gasteiger partial charge in [0.2, 0.25) is 0 Å². The Hall–Kier alpha value is 0.744. The summed E-state index contributed by atoms with van der Waals surface area (Å²) in [4.78, 5) is 0. The van der Waals surface area contributed by atoms with Gasteiger partial charge in [-0.3, -0.25) is 0 Å². The van der Waals surface area contributed by atoms with Crippen molar-refractivity contribution in [3.63, 3.8) is 0 Å². The quantitative estimate of drug-likeness (QED) is 0.437. The number of hydrogen-bond acceptors (Lipinski definition) is 2. The SMILES string of the molecule is CC(CCS)[SiH2]O[SiH3]. The van der Waals surface area contributed by atoms with Crippen LogP contribution in [0, 0.1) is 0 Å². The zero-order chi connectivity index (χ0) is 6.41. The smallest absolute Gasteiger partial charge is 0.148 e. The van der Waals surface area contributed by atoms with Crippen LogP contribution in [0.2, 0.25) is 5.54 Å². The lowest BCUT2D eigenvalue weighted by Crippen LogP contribution is -2.03. The second-order valence-corrected chi connectivity index (χ2v) is 6.56. The van der Waals surface area contributed by atoms with E-state index in [4.69, 9.17) is 4.12 Å². The lowest BCUT2D eigenvalue weighted by Gasteiger charge is -2.05. The topological polar surface area (TPSA) is 9.23 Å². The molecule has 0 aliphatic carbocycles. The van der Waals surface area contributed by atoms with Crippen LogP contribution in [0.25, 0.3) is 0 Å². The fraction of sp³-hybridized carbons (Fsp3) is 1.00. The Balaban J connectivity index is 2.92. The third-order valence-corrected chi connectivity index (χ3v) is 3.64. The molecule has 0 aliphatic heterocycles. The van der Waals surface area contributed by atoms with Crippen LogP contribution in [0.15, 0.2) is 0 Å². The molecular weight excluding hydrogens is 152 g/mol. The van der Waals surface area contributed by atoms with Crippen LogP contribution < -0.4 is 0 Å². The highest BCUT2D eigenvalue weighted by molar-refractivity contribution is 7.80. The molecule has 0 N–H and O–H groups in total. The Kier molecular flexibility index (Phi) is 6.42. The van der Waals surface area contributed by atoms with Crippen LogP contribution in [-0.2, 0) is 4.12 Å². The van der Waals surface area contributed by atoms with E-state index in [2.05, 4.69) is 19.6 Å². The average molecular weight is 166 g/mol. The minimum Gasteiger partial charge on any atom is -0.468 e. The molecule has 0 aromatic heterocycles. The summed E-state index contributed by atoms with van der Waals surface area (Å²) in [6.45, 7) is 2.25. The van der Waals surface area contributed by atoms with Crippen molar-refractivity contribution in [1.82, 2.24) is 0 Å². The standard InChI is InChI=1S/C4H14OSSi2/c1-4(2-3-6)8-5-7/h4,6H,2-3,8H2,1,7H3. The van der Waals surface area contributed by atoms with Gasteiger partial charge in [0, 0.05) is 0 Å². The summed E-state index contributed by atoms with van der Waals surface area (Å²) >= 11 is 4.13. The molecule has 0 radical (unpaired) electrons. The molecular formula is C4H14OSSi2. The van der Waals surface area contributed by atoms with E-state index in [0.29, 0.717) is 0 Å². The van der Waals surface area contributed by atoms with E-state index >= 15 is 0 Å². The van der Waals surface area contributed by atoms with Gasteiger partial charge in [0.1, 0.15) is 20.2 Å². The maximum absolute atomic E-state index is 5.20. The van der Waals surface area contributed by atoms with Crippen molar-refractivity contribution in [1.29, 1.82) is 0 Å². The van der Waals surface area contributed by atoms with Gasteiger partial charge in [-0.05, 0) is 17.7 Å². The van der Waals surface area contributed by atoms with Crippen LogP contribution in [-0.4, -0.2) is 26.0 Å². The van der Waals surface area contributed by atoms with E-state index in [1.807, 2.05) is 0 Å². The Morgan fingerprint density at radius 1 is 1.88 bits per heavy atom. The van der Waals surface area contributed by atoms with Gasteiger partial charge in [0.15, 0.2) is 0 Å². The molecule has 0 saturated heterocycles. The Morgan fingerprint density at radius 3 is 2.88 bits per heavy atom. The molecule has 4 heteroatoms. The van der Waals surface area contributed by atoms with Crippen molar-refractivity contribution < 1.29 is 4.12 Å². The lowest BCUT2D eigenvalue weighted by atomic mass is 10.4. The molecule has 1 nitrogen and oxygen atoms in total. The molecule has 1 unspecified atom stereocenters. The molecule has 0 amide bonds. The Labute approximate surface area is 62.1 Å². The molecule has 8 heavy (non-hydrogen) atoms. The molecule has 0 heterocycles. The molecule has 0 aliphatic rings. The van der Waals surface area contributed by atoms with Crippen molar-refractivity contribution in [2.75, 3.05) is 5.75 Å². The molecule has 1 atom stereocenters. The molecule has 0 spiro atoms. The van der Waals surface area contributed by atoms with Gasteiger partial charge in [-0.15, -0.1) is 0 Å². The van der Waals surface area contributed by atoms with E-state index in [1.165, 1.54) is 6.42 Å². The largest absolute Gasteiger partial charge is 0.468 e. The maximum Gasteiger partial charge on any atom is 0.148 e. The van der Waals surface area contributed by atoms with Crippen LogP contribution in [0.3, 0.4) is 0 Å². The zero-order valence-corrected chi connectivity index (χ0v) is 9.86. The minimum atomic E-state index is -0.152. The zero-order valence-electron chi connectivity index (χ0n) is 5.55. The summed E-state index contributed by atoms with van der Waals surface area (Å²) in [6, 6.07) is 0. The summed E-state index contributed by atoms with van der Waals surface area (Å²) in [5, 5.41) is 0. The van der Waals surface area contributed by atoms with Crippen LogP contribution >= 0.6 is 12.6 Å². The highest BCUT2D eigenvalue weighted by Crippen LogP contribution is 2.06. The summed E-state index contributed by atoms with van der Waals surface area (Å²) in [6.07, 6.45) is 1.23. The molecule has 0 aromatic rings. The minimum absolute atomic E-state index is 0.152. The summed E-state index contributed by atoms with van der Waals surface area (Å²) < 4.78 is 5.20. The van der Waals surface area contributed by atoms with E-state index in [-0.39, 0.29) is 9.76 Å². The van der Waals surface area contributed by atoms with Gasteiger partial charge in [-0.1, -0.05) is 6.92 Å². The van der Waals surface area contributed by atoms with Crippen LogP contribution in [0.1, 0.15) is 13.3 Å². The van der Waals surface area contributed by atoms with Crippen molar-refractivity contribution in [3.05, 3.63) is 0 Å². The van der Waals surface area contributed by atoms with Crippen molar-refractivity contribution in [2.24, 2.45) is 0 Å². The third kappa shape index (κ3) is 4.89. The normalized spacial score (nSPS) is 15.8. The van der Waals surface area contributed by atoms with E-state index in [0.717, 1.165) is 21.8 Å². The van der Waals surface area contributed by atoms with Crippen molar-refractivity contribution in [2.45, 2.75) is 18.9 Å². The van der Waals surface area contributed by atoms with Crippen molar-refractivity contribution >= 4 is 32.9 Å². The highest BCUT2D eigenvalue weighted by Gasteiger charge is 1.97. The predicted molar refractivity (Wildman–Crippen MR) is 47.5 cm³/mol. The summed E-state index contributed by atoms with van der Waals surface area (Å²) in [7, 11) is 0.779. The molecule has 0 bridgehead atoms. The summed E-state index contributed by atoms with van der Waals surface area (Å²) in [5.41, 5.74) is 0.838. The predicted octanol–water partition coefficient (Wildman–Crippen LogP) is -0.505. The fourth-order valence-corrected chi connectivity index (χ4v) is 4.02. The van der Waals surface area contributed by atoms with Crippen molar-refractivity contribution in [3.8, 4) is 0 Å². The highest BCUT2D eigenvalue weighted by atomic mass is 32.1. The first kappa shape index (κ1) is 8.74. The number of rotatable bonds is 4. The first-order valence-corrected chi connectivity index (χ1v) is 5.75. The second kappa shape index (κ2) is 5.87. The van der Waals surface area contributed by atoms with Crippen LogP contribution in [0.4, 0.5) is 0 Å². The summed E-state index contributed by atoms with van der Waals surface area (Å²) in [5.74, 6) is 1.01. The number of hydrogen-bond donors (Lipinski definition) is 1. The molecule has 0 saturated carbocycles. The molecule has 0 rings (SSSR count). The van der Waals surface area contributed by atoms with Gasteiger partial charge in [-0.2, -0.15) is 12.6 Å². The van der Waals surface area contributed by atoms with Gasteiger partial charge in [0.05, 0.1) is 0 Å². The maximum atomic E-state index is 5.20. The second-order valence-electron chi connectivity index (χ2n) is 2.07. The van der Waals surface area contributed by atoms with Crippen LogP contribution in [0.5, 0.6) is 0 Å². The Morgan fingerprint density at radius 2 is 2.50 bits per heavy atom.